The van der Waals surface area contributed by atoms with E-state index >= 15 is 0 Å². The van der Waals surface area contributed by atoms with Gasteiger partial charge in [-0.15, -0.1) is 0 Å². The smallest absolute Gasteiger partial charge is 0.246 e. The quantitative estimate of drug-likeness (QED) is 0.380. The maximum Gasteiger partial charge on any atom is 0.246 e. The van der Waals surface area contributed by atoms with Crippen LogP contribution in [-0.2, 0) is 24.6 Å². The predicted octanol–water partition coefficient (Wildman–Crippen LogP) is 1.59. The summed E-state index contributed by atoms with van der Waals surface area (Å²) in [6.07, 6.45) is 1.89. The first kappa shape index (κ1) is 27.6. The van der Waals surface area contributed by atoms with Crippen molar-refractivity contribution in [3.63, 3.8) is 0 Å². The van der Waals surface area contributed by atoms with Crippen LogP contribution in [-0.4, -0.2) is 64.4 Å². The molecule has 10 heteroatoms. The molecule has 2 aliphatic heterocycles. The number of carbonyl (C=O) groups excluding carboxylic acids is 4. The maximum atomic E-state index is 13.9. The van der Waals surface area contributed by atoms with Gasteiger partial charge in [0.1, 0.15) is 17.5 Å². The minimum atomic E-state index is -1.30. The van der Waals surface area contributed by atoms with Crippen molar-refractivity contribution in [1.82, 2.24) is 15.5 Å². The molecule has 4 rings (SSSR count). The highest BCUT2D eigenvalue weighted by Crippen LogP contribution is 2.46. The first-order chi connectivity index (χ1) is 17.8. The van der Waals surface area contributed by atoms with Gasteiger partial charge in [-0.3, -0.25) is 19.2 Å². The molecule has 3 aliphatic rings. The van der Waals surface area contributed by atoms with E-state index in [2.05, 4.69) is 22.0 Å². The van der Waals surface area contributed by atoms with Gasteiger partial charge < -0.3 is 26.0 Å². The minimum Gasteiger partial charge on any atom is -0.389 e. The Labute approximate surface area is 223 Å². The zero-order chi connectivity index (χ0) is 27.9. The number of nitriles is 1. The van der Waals surface area contributed by atoms with E-state index in [-0.39, 0.29) is 31.3 Å². The number of hydrogen-bond donors (Lipinski definition) is 4. The van der Waals surface area contributed by atoms with Crippen LogP contribution in [0.4, 0.5) is 5.69 Å². The molecule has 38 heavy (non-hydrogen) atoms. The number of nitrogens with zero attached hydrogens (tertiary/aromatic N) is 2. The fourth-order valence-electron chi connectivity index (χ4n) is 5.73. The lowest BCUT2D eigenvalue weighted by molar-refractivity contribution is -0.152. The molecule has 0 unspecified atom stereocenters. The lowest BCUT2D eigenvalue weighted by atomic mass is 9.67. The Balaban J connectivity index is 1.56. The summed E-state index contributed by atoms with van der Waals surface area (Å²) >= 11 is 0. The maximum absolute atomic E-state index is 13.9. The van der Waals surface area contributed by atoms with Crippen molar-refractivity contribution >= 4 is 29.3 Å². The van der Waals surface area contributed by atoms with Gasteiger partial charge in [-0.05, 0) is 50.7 Å². The van der Waals surface area contributed by atoms with Crippen LogP contribution in [0.5, 0.6) is 0 Å². The van der Waals surface area contributed by atoms with Crippen molar-refractivity contribution in [2.24, 2.45) is 11.3 Å². The SMILES string of the molecule is CC(C)C[C@H](NC(=O)C1(C(=O)NCC(C)(C)O)CCC1)C(=O)N1C[C@]2(C[C@H]1C#N)C(=O)Nc1ccccc12. The van der Waals surface area contributed by atoms with Gasteiger partial charge in [-0.1, -0.05) is 38.5 Å². The average molecular weight is 524 g/mol. The van der Waals surface area contributed by atoms with Crippen LogP contribution < -0.4 is 16.0 Å². The molecular formula is C28H37N5O5. The molecular weight excluding hydrogens is 486 g/mol. The zero-order valence-corrected chi connectivity index (χ0v) is 22.5. The summed E-state index contributed by atoms with van der Waals surface area (Å²) in [6.45, 7) is 7.02. The Hall–Kier alpha value is -3.45. The van der Waals surface area contributed by atoms with E-state index in [1.165, 1.54) is 4.90 Å². The molecule has 0 aromatic heterocycles. The van der Waals surface area contributed by atoms with Crippen molar-refractivity contribution in [3.8, 4) is 6.07 Å². The molecule has 2 heterocycles. The highest BCUT2D eigenvalue weighted by atomic mass is 16.3. The minimum absolute atomic E-state index is 0.00152. The molecule has 4 amide bonds. The number of hydrogen-bond acceptors (Lipinski definition) is 6. The van der Waals surface area contributed by atoms with E-state index in [0.717, 1.165) is 5.56 Å². The van der Waals surface area contributed by atoms with E-state index in [1.54, 1.807) is 19.9 Å². The Morgan fingerprint density at radius 1 is 1.24 bits per heavy atom. The highest BCUT2D eigenvalue weighted by molar-refractivity contribution is 6.08. The fourth-order valence-corrected chi connectivity index (χ4v) is 5.73. The molecule has 10 nitrogen and oxygen atoms in total. The van der Waals surface area contributed by atoms with E-state index in [0.29, 0.717) is 31.4 Å². The normalized spacial score (nSPS) is 24.3. The van der Waals surface area contributed by atoms with E-state index in [9.17, 15) is 29.5 Å². The topological polar surface area (TPSA) is 152 Å². The number of rotatable bonds is 8. The predicted molar refractivity (Wildman–Crippen MR) is 139 cm³/mol. The number of anilines is 1. The lowest BCUT2D eigenvalue weighted by Crippen LogP contribution is -2.60. The molecule has 3 atom stereocenters. The van der Waals surface area contributed by atoms with Crippen LogP contribution >= 0.6 is 0 Å². The summed E-state index contributed by atoms with van der Waals surface area (Å²) in [6, 6.07) is 7.69. The third-order valence-corrected chi connectivity index (χ3v) is 7.98. The fraction of sp³-hybridized carbons (Fsp3) is 0.607. The summed E-state index contributed by atoms with van der Waals surface area (Å²) in [7, 11) is 0. The second kappa shape index (κ2) is 10.0. The Kier molecular flexibility index (Phi) is 7.28. The van der Waals surface area contributed by atoms with Gasteiger partial charge in [0, 0.05) is 25.2 Å². The van der Waals surface area contributed by atoms with Crippen molar-refractivity contribution in [2.45, 2.75) is 82.9 Å². The van der Waals surface area contributed by atoms with Crippen LogP contribution in [0.1, 0.15) is 65.4 Å². The van der Waals surface area contributed by atoms with Crippen LogP contribution in [0.2, 0.25) is 0 Å². The molecule has 4 N–H and O–H groups in total. The van der Waals surface area contributed by atoms with Gasteiger partial charge in [0.05, 0.1) is 17.1 Å². The Bertz CT molecular complexity index is 1180. The van der Waals surface area contributed by atoms with Crippen molar-refractivity contribution in [1.29, 1.82) is 5.26 Å². The monoisotopic (exact) mass is 523 g/mol. The largest absolute Gasteiger partial charge is 0.389 e. The molecule has 1 aliphatic carbocycles. The first-order valence-corrected chi connectivity index (χ1v) is 13.3. The van der Waals surface area contributed by atoms with Gasteiger partial charge in [-0.2, -0.15) is 5.26 Å². The number of carbonyl (C=O) groups is 4. The molecule has 0 bridgehead atoms. The Morgan fingerprint density at radius 3 is 2.50 bits per heavy atom. The molecule has 1 saturated heterocycles. The number of para-hydroxylation sites is 1. The third kappa shape index (κ3) is 4.87. The summed E-state index contributed by atoms with van der Waals surface area (Å²) in [4.78, 5) is 54.9. The number of aliphatic hydroxyl groups is 1. The van der Waals surface area contributed by atoms with Crippen LogP contribution in [0.25, 0.3) is 0 Å². The highest BCUT2D eigenvalue weighted by Gasteiger charge is 2.57. The standard InChI is InChI=1S/C28H37N5O5/c1-17(2)12-21(32-24(36)27(10-7-11-27)23(35)30-15-26(3,4)38)22(34)33-16-28(13-18(33)14-29)19-8-5-6-9-20(19)31-25(28)37/h5-6,8-9,17-18,21,38H,7,10-13,15-16H2,1-4H3,(H,30,35)(H,31,37)(H,32,36)/t18-,21-,28-/m0/s1. The molecule has 204 valence electrons. The zero-order valence-electron chi connectivity index (χ0n) is 22.5. The first-order valence-electron chi connectivity index (χ1n) is 13.3. The van der Waals surface area contributed by atoms with Gasteiger partial charge in [0.25, 0.3) is 0 Å². The van der Waals surface area contributed by atoms with Crippen molar-refractivity contribution in [2.75, 3.05) is 18.4 Å². The van der Waals surface area contributed by atoms with Crippen LogP contribution in [0.15, 0.2) is 24.3 Å². The number of nitrogens with one attached hydrogen (secondary N) is 3. The van der Waals surface area contributed by atoms with Gasteiger partial charge in [-0.25, -0.2) is 0 Å². The van der Waals surface area contributed by atoms with E-state index in [4.69, 9.17) is 0 Å². The van der Waals surface area contributed by atoms with Crippen LogP contribution in [0.3, 0.4) is 0 Å². The molecule has 2 fully saturated rings. The molecule has 0 radical (unpaired) electrons. The molecule has 1 saturated carbocycles. The molecule has 1 aromatic carbocycles. The van der Waals surface area contributed by atoms with Crippen molar-refractivity contribution < 1.29 is 24.3 Å². The van der Waals surface area contributed by atoms with E-state index in [1.807, 2.05) is 32.0 Å². The van der Waals surface area contributed by atoms with Gasteiger partial charge in [0.15, 0.2) is 0 Å². The number of likely N-dealkylation sites (tertiary alicyclic amines) is 1. The van der Waals surface area contributed by atoms with Crippen molar-refractivity contribution in [3.05, 3.63) is 29.8 Å². The number of benzene rings is 1. The van der Waals surface area contributed by atoms with Crippen LogP contribution in [0, 0.1) is 22.7 Å². The van der Waals surface area contributed by atoms with E-state index < -0.39 is 46.2 Å². The average Bonchev–Trinajstić information content (AvgIpc) is 3.33. The number of amides is 4. The third-order valence-electron chi connectivity index (χ3n) is 7.98. The summed E-state index contributed by atoms with van der Waals surface area (Å²) in [5.41, 5.74) is -2.01. The second-order valence-electron chi connectivity index (χ2n) is 12.0. The molecule has 1 aromatic rings. The molecule has 1 spiro atoms. The van der Waals surface area contributed by atoms with Gasteiger partial charge in [0.2, 0.25) is 23.6 Å². The Morgan fingerprint density at radius 2 is 1.92 bits per heavy atom. The summed E-state index contributed by atoms with van der Waals surface area (Å²) in [5.74, 6) is -1.62. The summed E-state index contributed by atoms with van der Waals surface area (Å²) in [5, 5.41) is 28.3. The lowest BCUT2D eigenvalue weighted by Gasteiger charge is -2.40. The van der Waals surface area contributed by atoms with Gasteiger partial charge >= 0.3 is 0 Å². The number of fused-ring (bicyclic) bond motifs is 2. The summed E-state index contributed by atoms with van der Waals surface area (Å²) < 4.78 is 0. The second-order valence-corrected chi connectivity index (χ2v) is 12.0.